The Balaban J connectivity index is 1.81. The number of aryl methyl sites for hydroxylation is 1. The molecule has 1 aliphatic carbocycles. The lowest BCUT2D eigenvalue weighted by molar-refractivity contribution is -0.139. The minimum Gasteiger partial charge on any atom is -0.481 e. The number of carboxylic acids is 1. The first-order valence-corrected chi connectivity index (χ1v) is 8.11. The van der Waals surface area contributed by atoms with Gasteiger partial charge in [0.2, 0.25) is 0 Å². The van der Waals surface area contributed by atoms with Crippen molar-refractivity contribution < 1.29 is 23.1 Å². The lowest BCUT2D eigenvalue weighted by atomic mass is 9.98. The Hall–Kier alpha value is -2.83. The van der Waals surface area contributed by atoms with Crippen LogP contribution in [0, 0.1) is 5.92 Å². The van der Waals surface area contributed by atoms with E-state index in [-0.39, 0.29) is 5.92 Å². The number of fused-ring (bicyclic) bond motifs is 1. The van der Waals surface area contributed by atoms with Gasteiger partial charge in [-0.2, -0.15) is 13.2 Å². The van der Waals surface area contributed by atoms with E-state index in [1.54, 1.807) is 6.33 Å². The van der Waals surface area contributed by atoms with Gasteiger partial charge in [0.05, 0.1) is 28.8 Å². The van der Waals surface area contributed by atoms with Crippen LogP contribution in [0.4, 0.5) is 13.2 Å². The molecule has 2 atom stereocenters. The third kappa shape index (κ3) is 2.73. The van der Waals surface area contributed by atoms with Crippen LogP contribution in [0.5, 0.6) is 0 Å². The molecule has 1 fully saturated rings. The van der Waals surface area contributed by atoms with Crippen molar-refractivity contribution in [2.45, 2.75) is 18.5 Å². The number of carboxylic acid groups (broad SMARTS) is 1. The van der Waals surface area contributed by atoms with Gasteiger partial charge < -0.3 is 9.67 Å². The zero-order chi connectivity index (χ0) is 18.6. The summed E-state index contributed by atoms with van der Waals surface area (Å²) in [4.78, 5) is 15.6. The number of carbonyl (C=O) groups is 1. The van der Waals surface area contributed by atoms with Crippen LogP contribution in [0.25, 0.3) is 22.2 Å². The van der Waals surface area contributed by atoms with Crippen molar-refractivity contribution in [3.63, 3.8) is 0 Å². The van der Waals surface area contributed by atoms with Crippen LogP contribution in [0.1, 0.15) is 23.5 Å². The number of alkyl halides is 3. The lowest BCUT2D eigenvalue weighted by Crippen LogP contribution is -2.04. The molecule has 0 aliphatic heterocycles. The van der Waals surface area contributed by atoms with Gasteiger partial charge in [-0.05, 0) is 47.4 Å². The summed E-state index contributed by atoms with van der Waals surface area (Å²) in [6.45, 7) is 0. The summed E-state index contributed by atoms with van der Waals surface area (Å²) < 4.78 is 40.1. The Bertz CT molecular complexity index is 1010. The van der Waals surface area contributed by atoms with Crippen molar-refractivity contribution in [2.24, 2.45) is 13.0 Å². The van der Waals surface area contributed by atoms with Crippen molar-refractivity contribution in [1.82, 2.24) is 9.55 Å². The zero-order valence-electron chi connectivity index (χ0n) is 13.8. The maximum Gasteiger partial charge on any atom is 0.416 e. The first-order valence-electron chi connectivity index (χ1n) is 8.11. The van der Waals surface area contributed by atoms with E-state index in [4.69, 9.17) is 0 Å². The molecule has 0 amide bonds. The normalized spacial score (nSPS) is 19.7. The van der Waals surface area contributed by atoms with E-state index >= 15 is 0 Å². The molecule has 4 rings (SSSR count). The average molecular weight is 360 g/mol. The van der Waals surface area contributed by atoms with Gasteiger partial charge in [0.15, 0.2) is 0 Å². The van der Waals surface area contributed by atoms with Crippen LogP contribution in [-0.4, -0.2) is 20.6 Å². The molecular formula is C19H15F3N2O2. The van der Waals surface area contributed by atoms with E-state index in [1.807, 2.05) is 23.7 Å². The monoisotopic (exact) mass is 360 g/mol. The summed E-state index contributed by atoms with van der Waals surface area (Å²) in [7, 11) is 1.83. The molecule has 1 saturated carbocycles. The third-order valence-electron chi connectivity index (χ3n) is 4.91. The highest BCUT2D eigenvalue weighted by Gasteiger charge is 2.45. The van der Waals surface area contributed by atoms with Gasteiger partial charge in [-0.15, -0.1) is 0 Å². The highest BCUT2D eigenvalue weighted by atomic mass is 19.4. The van der Waals surface area contributed by atoms with Crippen molar-refractivity contribution in [2.75, 3.05) is 0 Å². The number of halogens is 3. The molecule has 0 unspecified atom stereocenters. The van der Waals surface area contributed by atoms with Gasteiger partial charge in [-0.25, -0.2) is 4.98 Å². The highest BCUT2D eigenvalue weighted by Crippen LogP contribution is 2.50. The number of hydrogen-bond donors (Lipinski definition) is 1. The van der Waals surface area contributed by atoms with Crippen LogP contribution in [0.3, 0.4) is 0 Å². The van der Waals surface area contributed by atoms with Crippen molar-refractivity contribution >= 4 is 17.0 Å². The molecule has 1 aliphatic rings. The molecule has 1 aromatic heterocycles. The van der Waals surface area contributed by atoms with Gasteiger partial charge in [0.25, 0.3) is 0 Å². The Morgan fingerprint density at radius 2 is 1.88 bits per heavy atom. The van der Waals surface area contributed by atoms with E-state index < -0.39 is 23.6 Å². The van der Waals surface area contributed by atoms with E-state index in [0.717, 1.165) is 34.3 Å². The number of aromatic nitrogens is 2. The molecule has 3 aromatic rings. The number of nitrogens with zero attached hydrogens (tertiary/aromatic N) is 2. The minimum atomic E-state index is -4.38. The molecule has 0 saturated heterocycles. The van der Waals surface area contributed by atoms with Crippen molar-refractivity contribution in [3.8, 4) is 11.1 Å². The number of aliphatic carboxylic acids is 1. The molecule has 1 N–H and O–H groups in total. The third-order valence-corrected chi connectivity index (χ3v) is 4.91. The molecule has 0 radical (unpaired) electrons. The fraction of sp³-hybridized carbons (Fsp3) is 0.263. The Kier molecular flexibility index (Phi) is 3.57. The van der Waals surface area contributed by atoms with Crippen LogP contribution in [0.2, 0.25) is 0 Å². The molecule has 26 heavy (non-hydrogen) atoms. The predicted molar refractivity (Wildman–Crippen MR) is 89.6 cm³/mol. The predicted octanol–water partition coefficient (Wildman–Crippen LogP) is 4.45. The van der Waals surface area contributed by atoms with E-state index in [0.29, 0.717) is 12.0 Å². The Labute approximate surface area is 146 Å². The van der Waals surface area contributed by atoms with Gasteiger partial charge in [0, 0.05) is 13.0 Å². The summed E-state index contributed by atoms with van der Waals surface area (Å²) in [5.41, 5.74) is 3.11. The quantitative estimate of drug-likeness (QED) is 0.751. The molecule has 4 nitrogen and oxygen atoms in total. The molecule has 1 heterocycles. The van der Waals surface area contributed by atoms with Crippen molar-refractivity contribution in [3.05, 3.63) is 53.9 Å². The fourth-order valence-electron chi connectivity index (χ4n) is 3.37. The maximum absolute atomic E-state index is 12.8. The summed E-state index contributed by atoms with van der Waals surface area (Å²) in [6.07, 6.45) is -2.17. The first kappa shape index (κ1) is 16.6. The molecule has 0 spiro atoms. The minimum absolute atomic E-state index is 0.112. The zero-order valence-corrected chi connectivity index (χ0v) is 13.8. The summed E-state index contributed by atoms with van der Waals surface area (Å²) in [5.74, 6) is -1.37. The molecule has 134 valence electrons. The molecule has 7 heteroatoms. The number of hydrogen-bond acceptors (Lipinski definition) is 2. The van der Waals surface area contributed by atoms with Gasteiger partial charge in [-0.3, -0.25) is 4.79 Å². The largest absolute Gasteiger partial charge is 0.481 e. The second kappa shape index (κ2) is 5.59. The first-order chi connectivity index (χ1) is 12.3. The number of imidazole rings is 1. The standard InChI is InChI=1S/C19H15F3N2O2/c1-24-9-23-17-14(13-8-15(13)18(25)26)6-11(7-16(17)24)10-2-4-12(5-3-10)19(20,21)22/h2-7,9,13,15H,8H2,1H3,(H,25,26)/t13-,15+/m1/s1. The van der Waals surface area contributed by atoms with E-state index in [1.165, 1.54) is 12.1 Å². The molecule has 2 aromatic carbocycles. The van der Waals surface area contributed by atoms with E-state index in [2.05, 4.69) is 4.98 Å². The topological polar surface area (TPSA) is 55.1 Å². The second-order valence-electron chi connectivity index (χ2n) is 6.65. The van der Waals surface area contributed by atoms with Gasteiger partial charge >= 0.3 is 12.1 Å². The Morgan fingerprint density at radius 3 is 2.46 bits per heavy atom. The van der Waals surface area contributed by atoms with Crippen LogP contribution >= 0.6 is 0 Å². The summed E-state index contributed by atoms with van der Waals surface area (Å²) >= 11 is 0. The summed E-state index contributed by atoms with van der Waals surface area (Å²) in [6, 6.07) is 8.70. The maximum atomic E-state index is 12.8. The van der Waals surface area contributed by atoms with Crippen LogP contribution < -0.4 is 0 Å². The lowest BCUT2D eigenvalue weighted by Gasteiger charge is -2.10. The molecule has 0 bridgehead atoms. The van der Waals surface area contributed by atoms with Gasteiger partial charge in [0.1, 0.15) is 0 Å². The highest BCUT2D eigenvalue weighted by molar-refractivity contribution is 5.88. The smallest absolute Gasteiger partial charge is 0.416 e. The second-order valence-corrected chi connectivity index (χ2v) is 6.65. The van der Waals surface area contributed by atoms with Crippen LogP contribution in [0.15, 0.2) is 42.7 Å². The fourth-order valence-corrected chi connectivity index (χ4v) is 3.37. The number of rotatable bonds is 3. The Morgan fingerprint density at radius 1 is 1.19 bits per heavy atom. The average Bonchev–Trinajstić information content (AvgIpc) is 3.31. The summed E-state index contributed by atoms with van der Waals surface area (Å²) in [5, 5.41) is 9.22. The van der Waals surface area contributed by atoms with Crippen LogP contribution in [-0.2, 0) is 18.0 Å². The number of benzene rings is 2. The van der Waals surface area contributed by atoms with Crippen molar-refractivity contribution in [1.29, 1.82) is 0 Å². The van der Waals surface area contributed by atoms with Gasteiger partial charge in [-0.1, -0.05) is 12.1 Å². The SMILES string of the molecule is Cn1cnc2c([C@H]3C[C@@H]3C(=O)O)cc(-c3ccc(C(F)(F)F)cc3)cc21. The molecular weight excluding hydrogens is 345 g/mol. The van der Waals surface area contributed by atoms with E-state index in [9.17, 15) is 23.1 Å².